The SMILES string of the molecule is N#CCC1(Cc2nc3cccnc3[nH]2)CC1. The number of imidazole rings is 1. The number of hydrogen-bond donors (Lipinski definition) is 1. The van der Waals surface area contributed by atoms with Crippen LogP contribution in [-0.2, 0) is 6.42 Å². The van der Waals surface area contributed by atoms with Crippen molar-refractivity contribution in [3.63, 3.8) is 0 Å². The fraction of sp³-hybridized carbons (Fsp3) is 0.417. The Morgan fingerprint density at radius 2 is 2.38 bits per heavy atom. The van der Waals surface area contributed by atoms with Crippen LogP contribution in [0, 0.1) is 16.7 Å². The van der Waals surface area contributed by atoms with E-state index in [-0.39, 0.29) is 5.41 Å². The molecule has 2 aromatic rings. The van der Waals surface area contributed by atoms with Gasteiger partial charge in [-0.15, -0.1) is 0 Å². The minimum Gasteiger partial charge on any atom is -0.327 e. The average molecular weight is 212 g/mol. The lowest BCUT2D eigenvalue weighted by Gasteiger charge is -2.06. The van der Waals surface area contributed by atoms with Crippen molar-refractivity contribution in [1.29, 1.82) is 5.26 Å². The van der Waals surface area contributed by atoms with Crippen molar-refractivity contribution in [2.45, 2.75) is 25.7 Å². The van der Waals surface area contributed by atoms with Crippen molar-refractivity contribution < 1.29 is 0 Å². The van der Waals surface area contributed by atoms with Crippen LogP contribution < -0.4 is 0 Å². The van der Waals surface area contributed by atoms with Crippen LogP contribution in [0.15, 0.2) is 18.3 Å². The summed E-state index contributed by atoms with van der Waals surface area (Å²) in [5.41, 5.74) is 1.94. The van der Waals surface area contributed by atoms with Gasteiger partial charge in [0, 0.05) is 19.0 Å². The zero-order chi connectivity index (χ0) is 11.0. The largest absolute Gasteiger partial charge is 0.327 e. The van der Waals surface area contributed by atoms with Gasteiger partial charge in [-0.3, -0.25) is 0 Å². The van der Waals surface area contributed by atoms with Crippen LogP contribution in [-0.4, -0.2) is 15.0 Å². The average Bonchev–Trinajstić information content (AvgIpc) is 2.91. The van der Waals surface area contributed by atoms with E-state index in [9.17, 15) is 0 Å². The van der Waals surface area contributed by atoms with Crippen LogP contribution in [0.3, 0.4) is 0 Å². The molecule has 16 heavy (non-hydrogen) atoms. The number of nitrogens with one attached hydrogen (secondary N) is 1. The molecular weight excluding hydrogens is 200 g/mol. The van der Waals surface area contributed by atoms with Crippen LogP contribution in [0.2, 0.25) is 0 Å². The van der Waals surface area contributed by atoms with Crippen LogP contribution in [0.4, 0.5) is 0 Å². The third kappa shape index (κ3) is 1.54. The second-order valence-electron chi connectivity index (χ2n) is 4.57. The predicted molar refractivity (Wildman–Crippen MR) is 59.5 cm³/mol. The van der Waals surface area contributed by atoms with E-state index in [1.807, 2.05) is 12.1 Å². The number of fused-ring (bicyclic) bond motifs is 1. The van der Waals surface area contributed by atoms with E-state index in [2.05, 4.69) is 21.0 Å². The lowest BCUT2D eigenvalue weighted by molar-refractivity contribution is 0.508. The highest BCUT2D eigenvalue weighted by Crippen LogP contribution is 2.50. The maximum Gasteiger partial charge on any atom is 0.157 e. The maximum atomic E-state index is 8.77. The molecule has 1 aliphatic rings. The highest BCUT2D eigenvalue weighted by Gasteiger charge is 2.43. The fourth-order valence-electron chi connectivity index (χ4n) is 2.09. The first-order valence-electron chi connectivity index (χ1n) is 5.48. The third-order valence-electron chi connectivity index (χ3n) is 3.26. The summed E-state index contributed by atoms with van der Waals surface area (Å²) in [7, 11) is 0. The first kappa shape index (κ1) is 9.34. The molecule has 0 atom stereocenters. The normalized spacial score (nSPS) is 17.2. The third-order valence-corrected chi connectivity index (χ3v) is 3.26. The number of aromatic amines is 1. The zero-order valence-electron chi connectivity index (χ0n) is 8.90. The molecule has 0 spiro atoms. The Kier molecular flexibility index (Phi) is 1.93. The van der Waals surface area contributed by atoms with Gasteiger partial charge >= 0.3 is 0 Å². The Hall–Kier alpha value is -1.89. The standard InChI is InChI=1S/C12H12N4/c13-6-5-12(3-4-12)8-10-15-9-2-1-7-14-11(9)16-10/h1-2,7H,3-5,8H2,(H,14,15,16). The molecule has 0 unspecified atom stereocenters. The minimum atomic E-state index is 0.197. The van der Waals surface area contributed by atoms with Gasteiger partial charge in [0.2, 0.25) is 0 Å². The molecule has 0 saturated heterocycles. The quantitative estimate of drug-likeness (QED) is 0.848. The monoisotopic (exact) mass is 212 g/mol. The van der Waals surface area contributed by atoms with E-state index >= 15 is 0 Å². The van der Waals surface area contributed by atoms with Crippen molar-refractivity contribution in [2.24, 2.45) is 5.41 Å². The van der Waals surface area contributed by atoms with Gasteiger partial charge in [0.15, 0.2) is 5.65 Å². The molecule has 4 heteroatoms. The van der Waals surface area contributed by atoms with Gasteiger partial charge in [0.25, 0.3) is 0 Å². The lowest BCUT2D eigenvalue weighted by atomic mass is 9.99. The molecule has 0 aliphatic heterocycles. The van der Waals surface area contributed by atoms with Gasteiger partial charge in [-0.2, -0.15) is 5.26 Å². The second kappa shape index (κ2) is 3.31. The first-order valence-corrected chi connectivity index (χ1v) is 5.48. The summed E-state index contributed by atoms with van der Waals surface area (Å²) in [6.07, 6.45) is 5.55. The van der Waals surface area contributed by atoms with Gasteiger partial charge in [-0.1, -0.05) is 0 Å². The number of pyridine rings is 1. The molecule has 0 aromatic carbocycles. The summed E-state index contributed by atoms with van der Waals surface area (Å²) in [5.74, 6) is 0.960. The first-order chi connectivity index (χ1) is 7.81. The highest BCUT2D eigenvalue weighted by molar-refractivity contribution is 5.69. The molecule has 1 N–H and O–H groups in total. The number of H-pyrrole nitrogens is 1. The van der Waals surface area contributed by atoms with Crippen LogP contribution in [0.5, 0.6) is 0 Å². The Morgan fingerprint density at radius 3 is 3.06 bits per heavy atom. The van der Waals surface area contributed by atoms with Crippen molar-refractivity contribution in [3.05, 3.63) is 24.2 Å². The predicted octanol–water partition coefficient (Wildman–Crippen LogP) is 2.19. The van der Waals surface area contributed by atoms with E-state index in [1.54, 1.807) is 6.20 Å². The van der Waals surface area contributed by atoms with Crippen molar-refractivity contribution in [1.82, 2.24) is 15.0 Å². The van der Waals surface area contributed by atoms with Gasteiger partial charge in [-0.25, -0.2) is 9.97 Å². The smallest absolute Gasteiger partial charge is 0.157 e. The van der Waals surface area contributed by atoms with E-state index in [0.29, 0.717) is 6.42 Å². The molecule has 2 aromatic heterocycles. The molecule has 0 amide bonds. The van der Waals surface area contributed by atoms with E-state index < -0.39 is 0 Å². The summed E-state index contributed by atoms with van der Waals surface area (Å²) in [6, 6.07) is 6.10. The molecule has 0 bridgehead atoms. The number of aromatic nitrogens is 3. The molecule has 2 heterocycles. The number of nitriles is 1. The minimum absolute atomic E-state index is 0.197. The number of nitrogens with zero attached hydrogens (tertiary/aromatic N) is 3. The highest BCUT2D eigenvalue weighted by atomic mass is 15.0. The molecular formula is C12H12N4. The van der Waals surface area contributed by atoms with E-state index in [4.69, 9.17) is 5.26 Å². The van der Waals surface area contributed by atoms with Crippen LogP contribution in [0.25, 0.3) is 11.2 Å². The Bertz CT molecular complexity index is 527. The van der Waals surface area contributed by atoms with Gasteiger partial charge < -0.3 is 4.98 Å². The van der Waals surface area contributed by atoms with Crippen molar-refractivity contribution in [2.75, 3.05) is 0 Å². The van der Waals surface area contributed by atoms with Gasteiger partial charge in [-0.05, 0) is 30.4 Å². The zero-order valence-corrected chi connectivity index (χ0v) is 8.90. The second-order valence-corrected chi connectivity index (χ2v) is 4.57. The molecule has 1 aliphatic carbocycles. The molecule has 4 nitrogen and oxygen atoms in total. The summed E-state index contributed by atoms with van der Waals surface area (Å²) in [6.45, 7) is 0. The van der Waals surface area contributed by atoms with E-state index in [0.717, 1.165) is 36.3 Å². The Morgan fingerprint density at radius 1 is 1.50 bits per heavy atom. The summed E-state index contributed by atoms with van der Waals surface area (Å²) in [4.78, 5) is 11.9. The van der Waals surface area contributed by atoms with E-state index in [1.165, 1.54) is 0 Å². The van der Waals surface area contributed by atoms with Gasteiger partial charge in [0.1, 0.15) is 11.3 Å². The Labute approximate surface area is 93.3 Å². The summed E-state index contributed by atoms with van der Waals surface area (Å²) >= 11 is 0. The molecule has 80 valence electrons. The molecule has 1 saturated carbocycles. The van der Waals surface area contributed by atoms with Crippen LogP contribution in [0.1, 0.15) is 25.1 Å². The topological polar surface area (TPSA) is 65.4 Å². The van der Waals surface area contributed by atoms with Crippen molar-refractivity contribution >= 4 is 11.2 Å². The van der Waals surface area contributed by atoms with Gasteiger partial charge in [0.05, 0.1) is 6.07 Å². The van der Waals surface area contributed by atoms with Crippen LogP contribution >= 0.6 is 0 Å². The fourth-order valence-corrected chi connectivity index (χ4v) is 2.09. The molecule has 3 rings (SSSR count). The Balaban J connectivity index is 1.88. The van der Waals surface area contributed by atoms with Crippen molar-refractivity contribution in [3.8, 4) is 6.07 Å². The maximum absolute atomic E-state index is 8.77. The summed E-state index contributed by atoms with van der Waals surface area (Å²) < 4.78 is 0. The molecule has 0 radical (unpaired) electrons. The number of rotatable bonds is 3. The lowest BCUT2D eigenvalue weighted by Crippen LogP contribution is -2.05. The molecule has 1 fully saturated rings. The number of hydrogen-bond acceptors (Lipinski definition) is 3. The summed E-state index contributed by atoms with van der Waals surface area (Å²) in [5, 5.41) is 8.77.